The van der Waals surface area contributed by atoms with Crippen molar-refractivity contribution >= 4 is 11.8 Å². The second-order valence-corrected chi connectivity index (χ2v) is 4.50. The summed E-state index contributed by atoms with van der Waals surface area (Å²) in [5, 5.41) is 3.03. The van der Waals surface area contributed by atoms with Crippen LogP contribution in [0.4, 0.5) is 4.39 Å². The Morgan fingerprint density at radius 1 is 1.30 bits per heavy atom. The van der Waals surface area contributed by atoms with E-state index in [9.17, 15) is 14.0 Å². The highest BCUT2D eigenvalue weighted by Gasteiger charge is 2.18. The summed E-state index contributed by atoms with van der Waals surface area (Å²) in [6, 6.07) is 5.66. The van der Waals surface area contributed by atoms with E-state index in [1.165, 1.54) is 19.1 Å². The maximum atomic E-state index is 12.7. The molecule has 110 valence electrons. The molecule has 0 aliphatic rings. The van der Waals surface area contributed by atoms with E-state index in [0.717, 1.165) is 5.56 Å². The Morgan fingerprint density at radius 2 is 1.95 bits per heavy atom. The van der Waals surface area contributed by atoms with Gasteiger partial charge in [0.15, 0.2) is 0 Å². The Morgan fingerprint density at radius 3 is 2.50 bits per heavy atom. The van der Waals surface area contributed by atoms with Crippen LogP contribution >= 0.6 is 0 Å². The van der Waals surface area contributed by atoms with Crippen LogP contribution < -0.4 is 5.32 Å². The van der Waals surface area contributed by atoms with Gasteiger partial charge in [-0.3, -0.25) is 9.59 Å². The molecule has 1 aromatic carbocycles. The summed E-state index contributed by atoms with van der Waals surface area (Å²) >= 11 is 0. The first-order chi connectivity index (χ1) is 9.52. The van der Waals surface area contributed by atoms with E-state index in [1.807, 2.05) is 0 Å². The molecular formula is C15H20FNO3. The van der Waals surface area contributed by atoms with Gasteiger partial charge in [-0.05, 0) is 44.5 Å². The van der Waals surface area contributed by atoms with Crippen LogP contribution in [0.1, 0.15) is 25.8 Å². The van der Waals surface area contributed by atoms with Gasteiger partial charge in [0.25, 0.3) is 0 Å². The fourth-order valence-electron chi connectivity index (χ4n) is 1.79. The molecule has 0 heterocycles. The molecule has 0 saturated heterocycles. The van der Waals surface area contributed by atoms with Crippen LogP contribution in [-0.4, -0.2) is 30.9 Å². The summed E-state index contributed by atoms with van der Waals surface area (Å²) in [4.78, 5) is 22.8. The van der Waals surface area contributed by atoms with Crippen molar-refractivity contribution in [2.45, 2.75) is 32.7 Å². The van der Waals surface area contributed by atoms with Crippen molar-refractivity contribution in [3.05, 3.63) is 35.6 Å². The summed E-state index contributed by atoms with van der Waals surface area (Å²) in [7, 11) is 0. The van der Waals surface area contributed by atoms with Crippen molar-refractivity contribution in [3.63, 3.8) is 0 Å². The van der Waals surface area contributed by atoms with E-state index >= 15 is 0 Å². The summed E-state index contributed by atoms with van der Waals surface area (Å²) in [6.07, 6.45) is 0.694. The van der Waals surface area contributed by atoms with E-state index in [1.54, 1.807) is 19.1 Å². The third-order valence-corrected chi connectivity index (χ3v) is 2.88. The average molecular weight is 281 g/mol. The summed E-state index contributed by atoms with van der Waals surface area (Å²) < 4.78 is 17.6. The van der Waals surface area contributed by atoms with Gasteiger partial charge in [0.2, 0.25) is 0 Å². The molecule has 0 spiro atoms. The minimum Gasteiger partial charge on any atom is -0.466 e. The Labute approximate surface area is 118 Å². The number of ether oxygens (including phenoxy) is 1. The Hall–Kier alpha value is -1.75. The van der Waals surface area contributed by atoms with Crippen LogP contribution in [0, 0.1) is 5.82 Å². The van der Waals surface area contributed by atoms with Crippen molar-refractivity contribution in [2.24, 2.45) is 0 Å². The third kappa shape index (κ3) is 5.93. The number of hydrogen-bond donors (Lipinski definition) is 1. The predicted molar refractivity (Wildman–Crippen MR) is 73.8 cm³/mol. The lowest BCUT2D eigenvalue weighted by Crippen LogP contribution is -2.38. The average Bonchev–Trinajstić information content (AvgIpc) is 2.40. The number of carbonyl (C=O) groups is 2. The highest BCUT2D eigenvalue weighted by atomic mass is 19.1. The molecule has 1 N–H and O–H groups in total. The zero-order valence-electron chi connectivity index (χ0n) is 11.8. The maximum absolute atomic E-state index is 12.7. The summed E-state index contributed by atoms with van der Waals surface area (Å²) in [5.74, 6) is -0.759. The molecule has 0 aliphatic heterocycles. The first-order valence-corrected chi connectivity index (χ1v) is 6.66. The van der Waals surface area contributed by atoms with Gasteiger partial charge in [0.1, 0.15) is 11.6 Å². The van der Waals surface area contributed by atoms with Crippen molar-refractivity contribution in [3.8, 4) is 0 Å². The van der Waals surface area contributed by atoms with Crippen molar-refractivity contribution < 1.29 is 18.7 Å². The normalized spacial score (nSPS) is 11.9. The maximum Gasteiger partial charge on any atom is 0.307 e. The molecule has 20 heavy (non-hydrogen) atoms. The molecule has 0 amide bonds. The van der Waals surface area contributed by atoms with E-state index in [4.69, 9.17) is 4.74 Å². The number of halogens is 1. The molecule has 5 heteroatoms. The van der Waals surface area contributed by atoms with Gasteiger partial charge in [0, 0.05) is 0 Å². The predicted octanol–water partition coefficient (Wildman–Crippen LogP) is 1.87. The van der Waals surface area contributed by atoms with Gasteiger partial charge in [-0.1, -0.05) is 12.1 Å². The molecule has 1 atom stereocenters. The van der Waals surface area contributed by atoms with Gasteiger partial charge in [-0.2, -0.15) is 0 Å². The number of Topliss-reactive ketones (excluding diaryl/α,β-unsaturated/α-hetero) is 1. The molecule has 0 bridgehead atoms. The van der Waals surface area contributed by atoms with Gasteiger partial charge >= 0.3 is 5.97 Å². The smallest absolute Gasteiger partial charge is 0.307 e. The summed E-state index contributed by atoms with van der Waals surface area (Å²) in [5.41, 5.74) is 0.970. The largest absolute Gasteiger partial charge is 0.466 e. The van der Waals surface area contributed by atoms with E-state index in [-0.39, 0.29) is 24.0 Å². The lowest BCUT2D eigenvalue weighted by Gasteiger charge is -2.15. The van der Waals surface area contributed by atoms with Crippen LogP contribution in [0.2, 0.25) is 0 Å². The van der Waals surface area contributed by atoms with Crippen LogP contribution in [0.25, 0.3) is 0 Å². The quantitative estimate of drug-likeness (QED) is 0.739. The zero-order valence-corrected chi connectivity index (χ0v) is 11.8. The molecule has 1 aromatic rings. The van der Waals surface area contributed by atoms with Gasteiger partial charge < -0.3 is 10.1 Å². The number of ketones is 1. The summed E-state index contributed by atoms with van der Waals surface area (Å²) in [6.45, 7) is 4.01. The molecule has 4 nitrogen and oxygen atoms in total. The zero-order chi connectivity index (χ0) is 15.0. The van der Waals surface area contributed by atoms with Gasteiger partial charge in [0.05, 0.1) is 19.1 Å². The Kier molecular flexibility index (Phi) is 6.87. The number of nitrogens with one attached hydrogen (secondary N) is 1. The highest BCUT2D eigenvalue weighted by molar-refractivity contribution is 5.86. The van der Waals surface area contributed by atoms with Gasteiger partial charge in [-0.15, -0.1) is 0 Å². The molecule has 1 unspecified atom stereocenters. The van der Waals surface area contributed by atoms with Crippen molar-refractivity contribution in [2.75, 3.05) is 13.2 Å². The monoisotopic (exact) mass is 281 g/mol. The number of hydrogen-bond acceptors (Lipinski definition) is 4. The number of benzene rings is 1. The lowest BCUT2D eigenvalue weighted by atomic mass is 10.1. The topological polar surface area (TPSA) is 55.4 Å². The Balaban J connectivity index is 2.41. The van der Waals surface area contributed by atoms with E-state index in [2.05, 4.69) is 5.32 Å². The van der Waals surface area contributed by atoms with Crippen molar-refractivity contribution in [1.82, 2.24) is 5.32 Å². The SMILES string of the molecule is CCOC(=O)CC(NCCc1ccc(F)cc1)C(C)=O. The Bertz CT molecular complexity index is 445. The molecule has 0 aromatic heterocycles. The first-order valence-electron chi connectivity index (χ1n) is 6.66. The number of esters is 1. The molecule has 0 saturated carbocycles. The van der Waals surface area contributed by atoms with E-state index in [0.29, 0.717) is 19.6 Å². The standard InChI is InChI=1S/C15H20FNO3/c1-3-20-15(19)10-14(11(2)18)17-9-8-12-4-6-13(16)7-5-12/h4-7,14,17H,3,8-10H2,1-2H3. The van der Waals surface area contributed by atoms with E-state index < -0.39 is 6.04 Å². The second kappa shape index (κ2) is 8.43. The highest BCUT2D eigenvalue weighted by Crippen LogP contribution is 2.04. The van der Waals surface area contributed by atoms with Crippen LogP contribution in [0.5, 0.6) is 0 Å². The fourth-order valence-corrected chi connectivity index (χ4v) is 1.79. The molecule has 0 radical (unpaired) electrons. The molecular weight excluding hydrogens is 261 g/mol. The number of rotatable bonds is 8. The van der Waals surface area contributed by atoms with Gasteiger partial charge in [-0.25, -0.2) is 4.39 Å². The second-order valence-electron chi connectivity index (χ2n) is 4.50. The first kappa shape index (κ1) is 16.3. The molecule has 0 aliphatic carbocycles. The van der Waals surface area contributed by atoms with Crippen molar-refractivity contribution in [1.29, 1.82) is 0 Å². The fraction of sp³-hybridized carbons (Fsp3) is 0.467. The molecule has 0 fully saturated rings. The van der Waals surface area contributed by atoms with Crippen LogP contribution in [0.3, 0.4) is 0 Å². The third-order valence-electron chi connectivity index (χ3n) is 2.88. The van der Waals surface area contributed by atoms with Crippen LogP contribution in [0.15, 0.2) is 24.3 Å². The lowest BCUT2D eigenvalue weighted by molar-refractivity contribution is -0.145. The molecule has 1 rings (SSSR count). The minimum atomic E-state index is -0.533. The number of carbonyl (C=O) groups excluding carboxylic acids is 2. The van der Waals surface area contributed by atoms with Crippen LogP contribution in [-0.2, 0) is 20.7 Å². The minimum absolute atomic E-state index is 0.0343.